The third kappa shape index (κ3) is 7.49. The van der Waals surface area contributed by atoms with E-state index in [1.165, 1.54) is 16.7 Å². The second-order valence-electron chi connectivity index (χ2n) is 21.5. The molecule has 0 spiro atoms. The minimum Gasteiger partial charge on any atom is -0.324 e. The highest BCUT2D eigenvalue weighted by atomic mass is 15.1. The molecule has 0 aliphatic carbocycles. The summed E-state index contributed by atoms with van der Waals surface area (Å²) in [6.07, 6.45) is 3.57. The van der Waals surface area contributed by atoms with Crippen LogP contribution in [0.15, 0.2) is 134 Å². The first kappa shape index (κ1) is 43.0. The van der Waals surface area contributed by atoms with Crippen molar-refractivity contribution in [2.45, 2.75) is 78.6 Å². The topological polar surface area (TPSA) is 148 Å². The lowest BCUT2D eigenvalue weighted by molar-refractivity contribution is 0.590. The normalized spacial score (nSPS) is 12.6. The standard InChI is InChI=1S/C59H51N11/c1-57(2,3)34-17-21-38-42(29-34)55-66-50(38)64-53-41-26-32(33-27-47(45-14-10-12-24-60-45)62-48(28-33)46-15-11-13-25-61-46)16-20-37(41)49(63-53)65-54-43-30-35(58(4,5)6)18-22-39(43)51(67-54)69-56-44-31-36(59(7,8)9)19-23-40(44)52(68-55)70-56/h10-31H,1-9H3,(H2,63,64,65,66,67,68,69,70). The van der Waals surface area contributed by atoms with Gasteiger partial charge in [-0.2, -0.15) is 0 Å². The van der Waals surface area contributed by atoms with E-state index in [2.05, 4.69) is 167 Å². The summed E-state index contributed by atoms with van der Waals surface area (Å²) in [5.74, 6) is 2.24. The van der Waals surface area contributed by atoms with E-state index in [-0.39, 0.29) is 16.2 Å². The van der Waals surface area contributed by atoms with Crippen molar-refractivity contribution in [3.63, 3.8) is 0 Å². The Bertz CT molecular complexity index is 3860. The molecule has 4 aromatic carbocycles. The maximum atomic E-state index is 5.42. The lowest BCUT2D eigenvalue weighted by atomic mass is 9.85. The van der Waals surface area contributed by atoms with Gasteiger partial charge in [-0.05, 0) is 111 Å². The smallest absolute Gasteiger partial charge is 0.164 e. The maximum absolute atomic E-state index is 5.42. The third-order valence-electron chi connectivity index (χ3n) is 13.4. The van der Waals surface area contributed by atoms with Crippen LogP contribution >= 0.6 is 0 Å². The molecule has 2 aliphatic rings. The van der Waals surface area contributed by atoms with E-state index in [4.69, 9.17) is 34.9 Å². The number of fused-ring (bicyclic) bond motifs is 20. The van der Waals surface area contributed by atoms with Gasteiger partial charge in [-0.25, -0.2) is 34.9 Å². The molecule has 0 radical (unpaired) electrons. The van der Waals surface area contributed by atoms with E-state index < -0.39 is 0 Å². The van der Waals surface area contributed by atoms with E-state index in [1.807, 2.05) is 36.4 Å². The van der Waals surface area contributed by atoms with E-state index in [9.17, 15) is 0 Å². The molecule has 12 rings (SSSR count). The molecule has 11 heteroatoms. The number of nitrogens with one attached hydrogen (secondary N) is 2. The van der Waals surface area contributed by atoms with Crippen LogP contribution in [0, 0.1) is 0 Å². The Hall–Kier alpha value is -8.31. The van der Waals surface area contributed by atoms with Gasteiger partial charge in [0.25, 0.3) is 0 Å². The summed E-state index contributed by atoms with van der Waals surface area (Å²) in [5.41, 5.74) is 14.3. The molecule has 11 nitrogen and oxygen atoms in total. The zero-order chi connectivity index (χ0) is 48.3. The molecule has 6 aromatic heterocycles. The van der Waals surface area contributed by atoms with Gasteiger partial charge in [0.2, 0.25) is 0 Å². The first-order valence-corrected chi connectivity index (χ1v) is 23.8. The van der Waals surface area contributed by atoms with E-state index in [1.54, 1.807) is 12.4 Å². The number of H-pyrrole nitrogens is 2. The summed E-state index contributed by atoms with van der Waals surface area (Å²) >= 11 is 0. The fourth-order valence-corrected chi connectivity index (χ4v) is 9.36. The van der Waals surface area contributed by atoms with Crippen LogP contribution in [0.1, 0.15) is 79.0 Å². The molecule has 0 saturated heterocycles. The average molecular weight is 914 g/mol. The molecule has 342 valence electrons. The average Bonchev–Trinajstić information content (AvgIpc) is 4.08. The van der Waals surface area contributed by atoms with Crippen molar-refractivity contribution in [1.29, 1.82) is 0 Å². The van der Waals surface area contributed by atoms with Crippen molar-refractivity contribution < 1.29 is 0 Å². The molecule has 70 heavy (non-hydrogen) atoms. The van der Waals surface area contributed by atoms with Gasteiger partial charge in [0, 0.05) is 56.2 Å². The molecule has 0 amide bonds. The largest absolute Gasteiger partial charge is 0.324 e. The number of aromatic nitrogens is 11. The lowest BCUT2D eigenvalue weighted by Gasteiger charge is -2.19. The van der Waals surface area contributed by atoms with Gasteiger partial charge >= 0.3 is 0 Å². The van der Waals surface area contributed by atoms with Crippen molar-refractivity contribution in [3.05, 3.63) is 150 Å². The molecule has 0 unspecified atom stereocenters. The van der Waals surface area contributed by atoms with E-state index in [0.29, 0.717) is 45.9 Å². The first-order chi connectivity index (χ1) is 33.5. The molecule has 2 N–H and O–H groups in total. The molecular weight excluding hydrogens is 863 g/mol. The van der Waals surface area contributed by atoms with Gasteiger partial charge in [0.1, 0.15) is 22.6 Å². The van der Waals surface area contributed by atoms with Crippen LogP contribution in [-0.4, -0.2) is 54.8 Å². The Kier molecular flexibility index (Phi) is 9.59. The van der Waals surface area contributed by atoms with Crippen molar-refractivity contribution in [3.8, 4) is 79.5 Å². The van der Waals surface area contributed by atoms with Crippen LogP contribution < -0.4 is 0 Å². The molecule has 2 aliphatic heterocycles. The quantitative estimate of drug-likeness (QED) is 0.177. The second-order valence-corrected chi connectivity index (χ2v) is 21.5. The van der Waals surface area contributed by atoms with Crippen LogP contribution in [0.2, 0.25) is 0 Å². The summed E-state index contributed by atoms with van der Waals surface area (Å²) in [4.78, 5) is 53.8. The highest BCUT2D eigenvalue weighted by Gasteiger charge is 2.27. The number of rotatable bonds is 3. The molecule has 0 fully saturated rings. The van der Waals surface area contributed by atoms with Crippen LogP contribution in [-0.2, 0) is 16.2 Å². The summed E-state index contributed by atoms with van der Waals surface area (Å²) in [7, 11) is 0. The minimum absolute atomic E-state index is 0.0964. The fourth-order valence-electron chi connectivity index (χ4n) is 9.36. The molecule has 8 heterocycles. The van der Waals surface area contributed by atoms with Gasteiger partial charge in [-0.3, -0.25) is 9.97 Å². The molecule has 10 aromatic rings. The Morgan fingerprint density at radius 2 is 0.729 bits per heavy atom. The summed E-state index contributed by atoms with van der Waals surface area (Å²) in [6.45, 7) is 20.0. The van der Waals surface area contributed by atoms with Crippen LogP contribution in [0.5, 0.6) is 0 Å². The number of nitrogens with zero attached hydrogens (tertiary/aromatic N) is 9. The van der Waals surface area contributed by atoms with E-state index >= 15 is 0 Å². The highest BCUT2D eigenvalue weighted by Crippen LogP contribution is 2.41. The van der Waals surface area contributed by atoms with Crippen LogP contribution in [0.4, 0.5) is 0 Å². The van der Waals surface area contributed by atoms with Crippen molar-refractivity contribution >= 4 is 44.1 Å². The number of aromatic amines is 2. The first-order valence-electron chi connectivity index (χ1n) is 23.8. The highest BCUT2D eigenvalue weighted by molar-refractivity contribution is 6.08. The van der Waals surface area contributed by atoms with Crippen molar-refractivity contribution in [2.75, 3.05) is 0 Å². The third-order valence-corrected chi connectivity index (χ3v) is 13.4. The Labute approximate surface area is 405 Å². The zero-order valence-corrected chi connectivity index (χ0v) is 40.7. The van der Waals surface area contributed by atoms with Gasteiger partial charge in [-0.15, -0.1) is 0 Å². The van der Waals surface area contributed by atoms with Crippen molar-refractivity contribution in [2.24, 2.45) is 0 Å². The Morgan fingerprint density at radius 1 is 0.314 bits per heavy atom. The maximum Gasteiger partial charge on any atom is 0.164 e. The van der Waals surface area contributed by atoms with Crippen molar-refractivity contribution in [1.82, 2.24) is 54.8 Å². The molecule has 0 atom stereocenters. The number of benzene rings is 4. The predicted molar refractivity (Wildman–Crippen MR) is 282 cm³/mol. The number of hydrogen-bond acceptors (Lipinski definition) is 9. The van der Waals surface area contributed by atoms with Crippen LogP contribution in [0.25, 0.3) is 124 Å². The molecular formula is C59H51N11. The second kappa shape index (κ2) is 15.6. The van der Waals surface area contributed by atoms with Gasteiger partial charge in [0.05, 0.1) is 22.8 Å². The summed E-state index contributed by atoms with van der Waals surface area (Å²) in [6, 6.07) is 41.9. The fraction of sp³-hybridized carbons (Fsp3) is 0.203. The Morgan fingerprint density at radius 3 is 1.19 bits per heavy atom. The predicted octanol–water partition coefficient (Wildman–Crippen LogP) is 13.9. The van der Waals surface area contributed by atoms with Gasteiger partial charge < -0.3 is 9.97 Å². The summed E-state index contributed by atoms with van der Waals surface area (Å²) < 4.78 is 0. The summed E-state index contributed by atoms with van der Waals surface area (Å²) in [5, 5.41) is 3.63. The number of hydrogen-bond donors (Lipinski definition) is 2. The molecule has 8 bridgehead atoms. The number of pyridine rings is 3. The lowest BCUT2D eigenvalue weighted by Crippen LogP contribution is -2.10. The zero-order valence-electron chi connectivity index (χ0n) is 40.7. The monoisotopic (exact) mass is 913 g/mol. The minimum atomic E-state index is -0.117. The SMILES string of the molecule is CC(C)(C)c1ccc2c(c1)-c1nc-2nc2[nH]c(nc3nc(nc4[nH]c(n1)c1ccc(-c5cc(-c6ccccn6)nc(-c6ccccn6)c5)cc41)-c1ccc(C(C)(C)C)cc1-3)c1ccc(C(C)(C)C)cc21. The van der Waals surface area contributed by atoms with Gasteiger partial charge in [0.15, 0.2) is 23.3 Å². The van der Waals surface area contributed by atoms with Gasteiger partial charge in [-0.1, -0.05) is 117 Å². The van der Waals surface area contributed by atoms with Crippen LogP contribution in [0.3, 0.4) is 0 Å². The molecule has 0 saturated carbocycles. The van der Waals surface area contributed by atoms with E-state index in [0.717, 1.165) is 77.7 Å². The Balaban J connectivity index is 1.18.